The predicted octanol–water partition coefficient (Wildman–Crippen LogP) is 6.35. The first kappa shape index (κ1) is 21.0. The third kappa shape index (κ3) is 4.81. The molecule has 1 aliphatic heterocycles. The summed E-state index contributed by atoms with van der Waals surface area (Å²) in [7, 11) is 0. The molecule has 3 heterocycles. The lowest BCUT2D eigenvalue weighted by atomic mass is 9.99. The molecule has 0 amide bonds. The van der Waals surface area contributed by atoms with Crippen LogP contribution < -0.4 is 5.32 Å². The molecule has 1 aliphatic rings. The van der Waals surface area contributed by atoms with E-state index in [0.717, 1.165) is 46.0 Å². The molecular weight excluding hydrogens is 414 g/mol. The number of hydrogen-bond acceptors (Lipinski definition) is 6. The smallest absolute Gasteiger partial charge is 0.189 e. The highest BCUT2D eigenvalue weighted by Crippen LogP contribution is 2.30. The Morgan fingerprint density at radius 2 is 1.75 bits per heavy atom. The van der Waals surface area contributed by atoms with Crippen molar-refractivity contribution in [3.8, 4) is 11.3 Å². The molecule has 2 aromatic heterocycles. The van der Waals surface area contributed by atoms with E-state index in [2.05, 4.69) is 76.5 Å². The lowest BCUT2D eigenvalue weighted by Gasteiger charge is -2.30. The van der Waals surface area contributed by atoms with Crippen molar-refractivity contribution in [2.24, 2.45) is 5.92 Å². The summed E-state index contributed by atoms with van der Waals surface area (Å²) in [6, 6.07) is 17.1. The predicted molar refractivity (Wildman–Crippen MR) is 134 cm³/mol. The zero-order valence-corrected chi connectivity index (χ0v) is 19.7. The zero-order chi connectivity index (χ0) is 22.1. The van der Waals surface area contributed by atoms with Crippen LogP contribution in [0.3, 0.4) is 0 Å². The quantitative estimate of drug-likeness (QED) is 0.390. The zero-order valence-electron chi connectivity index (χ0n) is 18.9. The van der Waals surface area contributed by atoms with Crippen LogP contribution in [-0.2, 0) is 6.54 Å². The van der Waals surface area contributed by atoms with Gasteiger partial charge in [-0.2, -0.15) is 0 Å². The highest BCUT2D eigenvalue weighted by atomic mass is 32.1. The molecule has 164 valence electrons. The van der Waals surface area contributed by atoms with Crippen LogP contribution in [0.2, 0.25) is 0 Å². The van der Waals surface area contributed by atoms with E-state index >= 15 is 0 Å². The van der Waals surface area contributed by atoms with Gasteiger partial charge in [-0.1, -0.05) is 54.2 Å². The average molecular weight is 444 g/mol. The highest BCUT2D eigenvalue weighted by molar-refractivity contribution is 7.22. The first-order chi connectivity index (χ1) is 15.5. The van der Waals surface area contributed by atoms with E-state index in [0.29, 0.717) is 0 Å². The number of thiazole rings is 1. The Morgan fingerprint density at radius 3 is 2.53 bits per heavy atom. The number of aryl methyl sites for hydroxylation is 2. The molecule has 6 heteroatoms. The van der Waals surface area contributed by atoms with E-state index in [4.69, 9.17) is 4.98 Å². The van der Waals surface area contributed by atoms with Gasteiger partial charge in [0.05, 0.1) is 15.9 Å². The Bertz CT molecular complexity index is 1220. The van der Waals surface area contributed by atoms with Gasteiger partial charge in [-0.15, -0.1) is 0 Å². The van der Waals surface area contributed by atoms with E-state index in [1.807, 2.05) is 13.0 Å². The van der Waals surface area contributed by atoms with Gasteiger partial charge in [0.25, 0.3) is 0 Å². The van der Waals surface area contributed by atoms with Crippen molar-refractivity contribution in [3.63, 3.8) is 0 Å². The average Bonchev–Trinajstić information content (AvgIpc) is 3.17. The number of aromatic nitrogens is 3. The first-order valence-electron chi connectivity index (χ1n) is 11.3. The number of likely N-dealkylation sites (tertiary alicyclic amines) is 1. The largest absolute Gasteiger partial charge is 0.316 e. The minimum Gasteiger partial charge on any atom is -0.316 e. The van der Waals surface area contributed by atoms with Crippen LogP contribution in [-0.4, -0.2) is 32.9 Å². The maximum absolute atomic E-state index is 4.78. The molecule has 0 radical (unpaired) electrons. The molecule has 0 saturated carbocycles. The molecule has 1 N–H and O–H groups in total. The minimum atomic E-state index is 0.741. The van der Waals surface area contributed by atoms with Crippen molar-refractivity contribution in [3.05, 3.63) is 65.5 Å². The van der Waals surface area contributed by atoms with Crippen LogP contribution >= 0.6 is 11.3 Å². The fourth-order valence-corrected chi connectivity index (χ4v) is 5.15. The van der Waals surface area contributed by atoms with Gasteiger partial charge in [-0.05, 0) is 63.4 Å². The molecule has 1 fully saturated rings. The lowest BCUT2D eigenvalue weighted by molar-refractivity contribution is 0.185. The number of fused-ring (bicyclic) bond motifs is 1. The topological polar surface area (TPSA) is 53.9 Å². The van der Waals surface area contributed by atoms with Crippen molar-refractivity contribution < 1.29 is 0 Å². The molecule has 2 aromatic carbocycles. The number of hydrogen-bond donors (Lipinski definition) is 1. The monoisotopic (exact) mass is 443 g/mol. The van der Waals surface area contributed by atoms with Gasteiger partial charge in [-0.25, -0.2) is 15.0 Å². The summed E-state index contributed by atoms with van der Waals surface area (Å²) in [5.41, 5.74) is 5.63. The van der Waals surface area contributed by atoms with Crippen molar-refractivity contribution >= 4 is 32.5 Å². The van der Waals surface area contributed by atoms with Gasteiger partial charge < -0.3 is 5.32 Å². The van der Waals surface area contributed by atoms with E-state index in [9.17, 15) is 0 Å². The lowest BCUT2D eigenvalue weighted by Crippen LogP contribution is -2.32. The van der Waals surface area contributed by atoms with Gasteiger partial charge in [0.1, 0.15) is 11.6 Å². The normalized spacial score (nSPS) is 15.3. The first-order valence-corrected chi connectivity index (χ1v) is 12.1. The van der Waals surface area contributed by atoms with E-state index in [1.54, 1.807) is 11.3 Å². The van der Waals surface area contributed by atoms with Gasteiger partial charge in [0, 0.05) is 18.2 Å². The Morgan fingerprint density at radius 1 is 0.969 bits per heavy atom. The van der Waals surface area contributed by atoms with Crippen molar-refractivity contribution in [2.45, 2.75) is 40.2 Å². The van der Waals surface area contributed by atoms with Crippen LogP contribution in [0.15, 0.2) is 48.5 Å². The Balaban J connectivity index is 1.34. The van der Waals surface area contributed by atoms with E-state index in [-0.39, 0.29) is 0 Å². The number of benzene rings is 2. The van der Waals surface area contributed by atoms with Gasteiger partial charge in [-0.3, -0.25) is 4.90 Å². The molecule has 5 nitrogen and oxygen atoms in total. The van der Waals surface area contributed by atoms with E-state index in [1.165, 1.54) is 41.8 Å². The molecule has 0 bridgehead atoms. The minimum absolute atomic E-state index is 0.741. The van der Waals surface area contributed by atoms with Crippen LogP contribution in [0.5, 0.6) is 0 Å². The number of nitrogens with zero attached hydrogens (tertiary/aromatic N) is 4. The molecule has 32 heavy (non-hydrogen) atoms. The summed E-state index contributed by atoms with van der Waals surface area (Å²) in [4.78, 5) is 16.5. The molecule has 0 spiro atoms. The standard InChI is InChI=1S/C26H29N5S/c1-17-4-7-21(8-5-17)23-15-25(28-19(3)27-23)30-26-29-22-9-6-20(14-24(22)32-26)16-31-12-10-18(2)11-13-31/h4-9,14-15,18H,10-13,16H2,1-3H3,(H,27,28,29,30). The maximum atomic E-state index is 4.78. The van der Waals surface area contributed by atoms with Crippen LogP contribution in [0.4, 0.5) is 10.9 Å². The molecule has 0 aliphatic carbocycles. The highest BCUT2D eigenvalue weighted by Gasteiger charge is 2.16. The Kier molecular flexibility index (Phi) is 5.89. The fourth-order valence-electron chi connectivity index (χ4n) is 4.21. The summed E-state index contributed by atoms with van der Waals surface area (Å²) < 4.78 is 1.21. The maximum Gasteiger partial charge on any atom is 0.189 e. The van der Waals surface area contributed by atoms with E-state index < -0.39 is 0 Å². The van der Waals surface area contributed by atoms with Crippen LogP contribution in [0.25, 0.3) is 21.5 Å². The second-order valence-electron chi connectivity index (χ2n) is 8.96. The van der Waals surface area contributed by atoms with Crippen molar-refractivity contribution in [1.29, 1.82) is 0 Å². The third-order valence-corrected chi connectivity index (χ3v) is 7.09. The summed E-state index contributed by atoms with van der Waals surface area (Å²) in [6.45, 7) is 9.80. The van der Waals surface area contributed by atoms with Crippen molar-refractivity contribution in [1.82, 2.24) is 19.9 Å². The third-order valence-electron chi connectivity index (χ3n) is 6.16. The Hall–Kier alpha value is -2.83. The SMILES string of the molecule is Cc1ccc(-c2cc(Nc3nc4ccc(CN5CCC(C)CC5)cc4s3)nc(C)n2)cc1. The summed E-state index contributed by atoms with van der Waals surface area (Å²) in [5.74, 6) is 2.38. The number of anilines is 2. The molecule has 5 rings (SSSR count). The van der Waals surface area contributed by atoms with Gasteiger partial charge in [0.15, 0.2) is 5.13 Å². The molecular formula is C26H29N5S. The summed E-state index contributed by atoms with van der Waals surface area (Å²) >= 11 is 1.68. The number of rotatable bonds is 5. The van der Waals surface area contributed by atoms with Gasteiger partial charge in [0.2, 0.25) is 0 Å². The molecule has 4 aromatic rings. The second-order valence-corrected chi connectivity index (χ2v) is 9.99. The van der Waals surface area contributed by atoms with Crippen LogP contribution in [0.1, 0.15) is 36.7 Å². The number of nitrogens with one attached hydrogen (secondary N) is 1. The van der Waals surface area contributed by atoms with Crippen molar-refractivity contribution in [2.75, 3.05) is 18.4 Å². The van der Waals surface area contributed by atoms with Crippen LogP contribution in [0, 0.1) is 19.8 Å². The molecule has 0 atom stereocenters. The number of piperidine rings is 1. The summed E-state index contributed by atoms with van der Waals surface area (Å²) in [5, 5.41) is 4.27. The molecule has 0 unspecified atom stereocenters. The van der Waals surface area contributed by atoms with Gasteiger partial charge >= 0.3 is 0 Å². The molecule has 1 saturated heterocycles. The second kappa shape index (κ2) is 8.96. The fraction of sp³-hybridized carbons (Fsp3) is 0.346. The summed E-state index contributed by atoms with van der Waals surface area (Å²) in [6.07, 6.45) is 2.61. The Labute approximate surface area is 193 Å².